The van der Waals surface area contributed by atoms with Gasteiger partial charge in [-0.05, 0) is 285 Å². The molecule has 0 bridgehead atoms. The van der Waals surface area contributed by atoms with E-state index < -0.39 is 0 Å². The molecule has 0 amide bonds. The smallest absolute Gasteiger partial charge is 0.0725 e. The zero-order chi connectivity index (χ0) is 94.1. The summed E-state index contributed by atoms with van der Waals surface area (Å²) in [4.78, 5) is 0. The molecule has 5 aliphatic rings. The first-order valence-corrected chi connectivity index (χ1v) is 49.8. The van der Waals surface area contributed by atoms with Gasteiger partial charge in [0.25, 0.3) is 0 Å². The normalized spacial score (nSPS) is 13.6. The van der Waals surface area contributed by atoms with Crippen LogP contribution in [-0.4, -0.2) is 27.4 Å². The lowest BCUT2D eigenvalue weighted by Crippen LogP contribution is -2.25. The molecule has 0 radical (unpaired) electrons. The van der Waals surface area contributed by atoms with Crippen molar-refractivity contribution in [3.05, 3.63) is 566 Å². The number of aromatic nitrogens is 6. The minimum absolute atomic E-state index is 0.0318. The fraction of sp³-hybridized carbons (Fsp3) is 0.0365. The van der Waals surface area contributed by atoms with Crippen LogP contribution in [0.25, 0.3) is 210 Å². The van der Waals surface area contributed by atoms with Gasteiger partial charge in [0.15, 0.2) is 0 Å². The number of para-hydroxylation sites is 6. The molecule has 6 heteroatoms. The van der Waals surface area contributed by atoms with Crippen molar-refractivity contribution in [3.8, 4) is 112 Å². The number of fused-ring (bicyclic) bond motifs is 38. The molecule has 668 valence electrons. The number of hydrogen-bond donors (Lipinski definition) is 0. The summed E-state index contributed by atoms with van der Waals surface area (Å²) in [5.41, 5.74) is 49.3. The van der Waals surface area contributed by atoms with E-state index in [9.17, 15) is 0 Å². The zero-order valence-electron chi connectivity index (χ0n) is 78.7. The molecular weight excluding hydrogens is 1730 g/mol. The third-order valence-electron chi connectivity index (χ3n) is 32.3. The van der Waals surface area contributed by atoms with Crippen molar-refractivity contribution >= 4 is 98.1 Å². The fourth-order valence-corrected chi connectivity index (χ4v) is 26.3. The van der Waals surface area contributed by atoms with Gasteiger partial charge in [-0.3, -0.25) is 0 Å². The van der Waals surface area contributed by atoms with E-state index in [1.165, 1.54) is 254 Å². The second-order valence-electron chi connectivity index (χ2n) is 39.6. The molecule has 0 fully saturated rings. The van der Waals surface area contributed by atoms with Gasteiger partial charge in [0, 0.05) is 107 Å². The van der Waals surface area contributed by atoms with Gasteiger partial charge in [0.05, 0.1) is 60.5 Å². The van der Waals surface area contributed by atoms with Crippen molar-refractivity contribution in [1.29, 1.82) is 0 Å². The van der Waals surface area contributed by atoms with Crippen LogP contribution in [0.15, 0.2) is 510 Å². The van der Waals surface area contributed by atoms with Crippen molar-refractivity contribution < 1.29 is 0 Å². The Balaban J connectivity index is 0.000000102. The van der Waals surface area contributed by atoms with E-state index >= 15 is 0 Å². The fourth-order valence-electron chi connectivity index (χ4n) is 26.3. The van der Waals surface area contributed by atoms with Gasteiger partial charge in [-0.15, -0.1) is 0 Å². The van der Waals surface area contributed by atoms with Crippen LogP contribution in [0.1, 0.15) is 69.5 Å². The van der Waals surface area contributed by atoms with Crippen molar-refractivity contribution in [2.45, 2.75) is 30.1 Å². The first-order chi connectivity index (χ1) is 70.7. The minimum Gasteiger partial charge on any atom is -0.317 e. The second kappa shape index (κ2) is 30.8. The Morgan fingerprint density at radius 3 is 0.923 bits per heavy atom. The number of hydrogen-bond acceptors (Lipinski definition) is 0. The molecule has 0 atom stereocenters. The summed E-state index contributed by atoms with van der Waals surface area (Å²) in [5.74, 6) is 0. The molecule has 32 rings (SSSR count). The van der Waals surface area contributed by atoms with Gasteiger partial charge in [-0.25, -0.2) is 0 Å². The number of nitrogens with zero attached hydrogens (tertiary/aromatic N) is 6. The van der Waals surface area contributed by atoms with Crippen LogP contribution in [0, 0.1) is 0 Å². The largest absolute Gasteiger partial charge is 0.317 e. The van der Waals surface area contributed by atoms with E-state index in [0.29, 0.717) is 0 Å². The van der Waals surface area contributed by atoms with Gasteiger partial charge < -0.3 is 27.4 Å². The van der Waals surface area contributed by atoms with E-state index in [4.69, 9.17) is 0 Å². The molecule has 6 heterocycles. The first kappa shape index (κ1) is 80.7. The highest BCUT2D eigenvalue weighted by Gasteiger charge is 2.54. The summed E-state index contributed by atoms with van der Waals surface area (Å²) in [7, 11) is 0. The quantitative estimate of drug-likeness (QED) is 0.145. The van der Waals surface area contributed by atoms with Crippen molar-refractivity contribution in [3.63, 3.8) is 0 Å². The molecule has 0 saturated heterocycles. The molecule has 27 aromatic rings. The Bertz CT molecular complexity index is 9890. The Morgan fingerprint density at radius 1 is 0.161 bits per heavy atom. The maximum Gasteiger partial charge on any atom is 0.0725 e. The maximum atomic E-state index is 2.48. The summed E-state index contributed by atoms with van der Waals surface area (Å²) in [6, 6.07) is 181. The standard InChI is InChI=1S/2C51H32N2.C35H26N2/c1-2-14-35(15-3-1)52-30-29-42-47(52)27-28-49-50(42)41-20-7-11-24-48(41)53(49)36-16-12-13-33(31-36)34-25-26-40-39-19-6-10-23-45(39)51(46(40)32-34)43-21-8-4-17-37(43)38-18-5-9-22-44(38)51;1-2-12-35(13-3-1)52-31-30-42-47(52)28-29-49-50(42)41-17-7-11-21-48(41)53(49)36-25-22-33(23-26-36)34-24-27-40-39-16-6-10-20-45(39)51(46(40)32-34)43-18-8-4-14-37(43)38-15-5-9-19-44(38)51;1-35(2)29-14-8-6-12-26(29)27-18-17-25(22-30(27)35)37-31-15-9-7-13-28(31)33-32(37)19-16-23-20-21-36(34(23)33)24-10-4-3-5-11-24/h2*1-32H;3-22H,1-2H3. The molecule has 6 aromatic heterocycles. The zero-order valence-corrected chi connectivity index (χ0v) is 78.7. The van der Waals surface area contributed by atoms with E-state index in [1.807, 2.05) is 0 Å². The average Bonchev–Trinajstić information content (AvgIpc) is 1.51. The maximum absolute atomic E-state index is 2.48. The van der Waals surface area contributed by atoms with Gasteiger partial charge in [-0.2, -0.15) is 0 Å². The van der Waals surface area contributed by atoms with Gasteiger partial charge in [0.1, 0.15) is 0 Å². The highest BCUT2D eigenvalue weighted by molar-refractivity contribution is 6.24. The van der Waals surface area contributed by atoms with Crippen LogP contribution in [0.4, 0.5) is 0 Å². The SMILES string of the molecule is CC1(C)c2ccccc2-c2ccc(-n3c4ccccc4c4c5c(ccc43)ccn5-c3ccccc3)cc21.c1ccc(-n2ccc3c4c5ccccc5n(-c5ccc(-c6ccc7c(c6)C6(c8ccccc8-c8ccccc86)c6ccccc6-7)cc5)c4ccc32)cc1.c1ccc(-n2ccc3c4c5ccccc5n(-c5cccc(-c6ccc7c(c6)C6(c8ccccc8-c8ccccc86)c6ccccc6-7)c5)c4ccc32)cc1. The molecule has 6 nitrogen and oxygen atoms in total. The van der Waals surface area contributed by atoms with Gasteiger partial charge in [0.2, 0.25) is 0 Å². The van der Waals surface area contributed by atoms with Crippen LogP contribution in [0.5, 0.6) is 0 Å². The molecule has 0 aliphatic heterocycles. The van der Waals surface area contributed by atoms with Crippen molar-refractivity contribution in [1.82, 2.24) is 27.4 Å². The molecule has 5 aliphatic carbocycles. The molecule has 143 heavy (non-hydrogen) atoms. The lowest BCUT2D eigenvalue weighted by atomic mass is 9.70. The van der Waals surface area contributed by atoms with Gasteiger partial charge >= 0.3 is 0 Å². The number of benzene rings is 21. The van der Waals surface area contributed by atoms with Crippen LogP contribution in [0.2, 0.25) is 0 Å². The summed E-state index contributed by atoms with van der Waals surface area (Å²) < 4.78 is 14.2. The molecule has 21 aromatic carbocycles. The topological polar surface area (TPSA) is 29.6 Å². The lowest BCUT2D eigenvalue weighted by molar-refractivity contribution is 0.660. The Hall–Kier alpha value is -18.4. The second-order valence-corrected chi connectivity index (χ2v) is 39.6. The van der Waals surface area contributed by atoms with Gasteiger partial charge in [-0.1, -0.05) is 354 Å². The van der Waals surface area contributed by atoms with E-state index in [-0.39, 0.29) is 16.2 Å². The molecule has 0 N–H and O–H groups in total. The van der Waals surface area contributed by atoms with Crippen molar-refractivity contribution in [2.24, 2.45) is 0 Å². The highest BCUT2D eigenvalue weighted by atomic mass is 15.0. The van der Waals surface area contributed by atoms with E-state index in [0.717, 1.165) is 11.4 Å². The Kier molecular flexibility index (Phi) is 17.4. The summed E-state index contributed by atoms with van der Waals surface area (Å²) in [5, 5.41) is 11.5. The summed E-state index contributed by atoms with van der Waals surface area (Å²) in [6.07, 6.45) is 6.59. The number of rotatable bonds is 8. The summed E-state index contributed by atoms with van der Waals surface area (Å²) >= 11 is 0. The molecule has 0 unspecified atom stereocenters. The minimum atomic E-state index is -0.360. The third-order valence-corrected chi connectivity index (χ3v) is 32.3. The Labute approximate surface area is 827 Å². The monoisotopic (exact) mass is 1820 g/mol. The van der Waals surface area contributed by atoms with Crippen molar-refractivity contribution in [2.75, 3.05) is 0 Å². The first-order valence-electron chi connectivity index (χ1n) is 49.8. The Morgan fingerprint density at radius 2 is 0.462 bits per heavy atom. The predicted molar refractivity (Wildman–Crippen MR) is 594 cm³/mol. The molecule has 0 saturated carbocycles. The molecule has 2 spiro atoms. The molecular formula is C137H90N6. The average molecular weight is 1820 g/mol. The third kappa shape index (κ3) is 11.4. The summed E-state index contributed by atoms with van der Waals surface area (Å²) in [6.45, 7) is 4.70. The predicted octanol–water partition coefficient (Wildman–Crippen LogP) is 34.5. The van der Waals surface area contributed by atoms with E-state index in [2.05, 4.69) is 551 Å². The van der Waals surface area contributed by atoms with Crippen LogP contribution in [0.3, 0.4) is 0 Å². The lowest BCUT2D eigenvalue weighted by Gasteiger charge is -2.30. The van der Waals surface area contributed by atoms with Crippen LogP contribution in [-0.2, 0) is 16.2 Å². The van der Waals surface area contributed by atoms with Crippen LogP contribution >= 0.6 is 0 Å². The highest BCUT2D eigenvalue weighted by Crippen LogP contribution is 2.66. The van der Waals surface area contributed by atoms with Crippen LogP contribution < -0.4 is 0 Å². The van der Waals surface area contributed by atoms with E-state index in [1.54, 1.807) is 0 Å².